The zero-order valence-corrected chi connectivity index (χ0v) is 21.3. The molecule has 2 aromatic heterocycles. The predicted molar refractivity (Wildman–Crippen MR) is 134 cm³/mol. The molecule has 202 valence electrons. The van der Waals surface area contributed by atoms with Crippen LogP contribution in [0.25, 0.3) is 0 Å². The van der Waals surface area contributed by atoms with Gasteiger partial charge in [0.2, 0.25) is 10.0 Å². The number of rotatable bonds is 6. The first kappa shape index (κ1) is 26.2. The third kappa shape index (κ3) is 4.57. The molecule has 4 aromatic rings. The molecular formula is C25H21F3N6O4S. The molecule has 14 heteroatoms. The van der Waals surface area contributed by atoms with Crippen molar-refractivity contribution in [1.29, 1.82) is 0 Å². The highest BCUT2D eigenvalue weighted by atomic mass is 32.2. The second kappa shape index (κ2) is 9.39. The molecule has 5 rings (SSSR count). The second-order valence-electron chi connectivity index (χ2n) is 9.26. The van der Waals surface area contributed by atoms with Gasteiger partial charge in [-0.2, -0.15) is 9.40 Å². The molecule has 2 aromatic carbocycles. The molecule has 0 atom stereocenters. The zero-order valence-electron chi connectivity index (χ0n) is 20.5. The molecule has 0 saturated heterocycles. The molecule has 1 aliphatic rings. The van der Waals surface area contributed by atoms with E-state index in [-0.39, 0.29) is 29.3 Å². The topological polar surface area (TPSA) is 140 Å². The summed E-state index contributed by atoms with van der Waals surface area (Å²) in [5.74, 6) is -4.64. The van der Waals surface area contributed by atoms with Crippen molar-refractivity contribution >= 4 is 33.3 Å². The number of carbonyl (C=O) groups excluding carboxylic acids is 2. The van der Waals surface area contributed by atoms with Crippen molar-refractivity contribution in [2.75, 3.05) is 10.6 Å². The number of amides is 2. The van der Waals surface area contributed by atoms with E-state index in [1.165, 1.54) is 24.4 Å². The third-order valence-corrected chi connectivity index (χ3v) is 8.39. The molecule has 10 nitrogen and oxygen atoms in total. The molecule has 0 spiro atoms. The van der Waals surface area contributed by atoms with Gasteiger partial charge in [0.25, 0.3) is 11.8 Å². The fourth-order valence-corrected chi connectivity index (χ4v) is 6.24. The number of carbonyl (C=O) groups is 2. The zero-order chi connectivity index (χ0) is 28.1. The van der Waals surface area contributed by atoms with Crippen molar-refractivity contribution in [3.63, 3.8) is 0 Å². The number of nitrogens with zero attached hydrogens (tertiary/aromatic N) is 2. The maximum absolute atomic E-state index is 14.8. The summed E-state index contributed by atoms with van der Waals surface area (Å²) in [5, 5.41) is 11.7. The Morgan fingerprint density at radius 3 is 2.38 bits per heavy atom. The maximum atomic E-state index is 14.8. The van der Waals surface area contributed by atoms with Gasteiger partial charge in [-0.1, -0.05) is 6.07 Å². The lowest BCUT2D eigenvalue weighted by molar-refractivity contribution is 0.102. The van der Waals surface area contributed by atoms with E-state index < -0.39 is 55.3 Å². The van der Waals surface area contributed by atoms with Crippen molar-refractivity contribution in [1.82, 2.24) is 19.5 Å². The van der Waals surface area contributed by atoms with Crippen molar-refractivity contribution in [3.8, 4) is 0 Å². The van der Waals surface area contributed by atoms with Crippen LogP contribution >= 0.6 is 0 Å². The van der Waals surface area contributed by atoms with E-state index in [1.807, 2.05) is 0 Å². The van der Waals surface area contributed by atoms with E-state index in [9.17, 15) is 31.2 Å². The van der Waals surface area contributed by atoms with Gasteiger partial charge in [0, 0.05) is 24.4 Å². The van der Waals surface area contributed by atoms with Gasteiger partial charge in [0.15, 0.2) is 5.82 Å². The van der Waals surface area contributed by atoms with Crippen LogP contribution in [0.1, 0.15) is 46.0 Å². The lowest BCUT2D eigenvalue weighted by Gasteiger charge is -2.30. The molecule has 0 radical (unpaired) electrons. The summed E-state index contributed by atoms with van der Waals surface area (Å²) < 4.78 is 70.1. The number of benzene rings is 2. The quantitative estimate of drug-likeness (QED) is 0.282. The standard InChI is InChI=1S/C25H21F3N6O4S/c1-25(2)21-16(12-34(25)39(37,38)15-10-13(26)9-14(27)11-15)22(33-32-21)31-24(36)20-17(28)5-3-6-18(20)30-23(35)19-7-4-8-29-19/h3-11,29H,12H2,1-2H3,(H,30,35)(H2,31,32,33,36). The van der Waals surface area contributed by atoms with E-state index in [1.54, 1.807) is 19.9 Å². The van der Waals surface area contributed by atoms with Crippen LogP contribution in [0.4, 0.5) is 24.7 Å². The Morgan fingerprint density at radius 2 is 1.72 bits per heavy atom. The second-order valence-corrected chi connectivity index (χ2v) is 11.1. The van der Waals surface area contributed by atoms with Crippen LogP contribution < -0.4 is 10.6 Å². The first-order valence-corrected chi connectivity index (χ1v) is 12.9. The molecular weight excluding hydrogens is 537 g/mol. The summed E-state index contributed by atoms with van der Waals surface area (Å²) in [7, 11) is -4.39. The summed E-state index contributed by atoms with van der Waals surface area (Å²) in [5.41, 5.74) is -1.02. The van der Waals surface area contributed by atoms with Crippen LogP contribution in [0.3, 0.4) is 0 Å². The molecule has 2 amide bonds. The van der Waals surface area contributed by atoms with Crippen molar-refractivity contribution in [2.45, 2.75) is 30.8 Å². The molecule has 1 aliphatic heterocycles. The van der Waals surface area contributed by atoms with E-state index in [0.29, 0.717) is 23.9 Å². The van der Waals surface area contributed by atoms with Gasteiger partial charge in [-0.25, -0.2) is 21.6 Å². The Bertz CT molecular complexity index is 1700. The number of sulfonamides is 1. The Labute approximate surface area is 220 Å². The van der Waals surface area contributed by atoms with Crippen LogP contribution in [0, 0.1) is 17.5 Å². The van der Waals surface area contributed by atoms with Crippen LogP contribution in [-0.4, -0.2) is 39.7 Å². The Hall–Kier alpha value is -4.43. The number of halogens is 3. The van der Waals surface area contributed by atoms with Crippen LogP contribution in [0.5, 0.6) is 0 Å². The van der Waals surface area contributed by atoms with Crippen molar-refractivity contribution in [2.24, 2.45) is 0 Å². The number of aromatic nitrogens is 3. The number of fused-ring (bicyclic) bond motifs is 1. The highest BCUT2D eigenvalue weighted by Crippen LogP contribution is 2.44. The molecule has 0 aliphatic carbocycles. The fourth-order valence-electron chi connectivity index (χ4n) is 4.47. The molecule has 39 heavy (non-hydrogen) atoms. The minimum atomic E-state index is -4.39. The SMILES string of the molecule is CC1(C)c2[nH]nc(NC(=O)c3c(F)cccc3NC(=O)c3ccc[nH]3)c2CN1S(=O)(=O)c1cc(F)cc(F)c1. The fraction of sp³-hybridized carbons (Fsp3) is 0.160. The summed E-state index contributed by atoms with van der Waals surface area (Å²) in [6.07, 6.45) is 1.53. The molecule has 0 fully saturated rings. The first-order chi connectivity index (χ1) is 18.4. The minimum Gasteiger partial charge on any atom is -0.357 e. The van der Waals surface area contributed by atoms with Gasteiger partial charge in [0.05, 0.1) is 27.4 Å². The van der Waals surface area contributed by atoms with Crippen molar-refractivity contribution < 1.29 is 31.2 Å². The molecule has 4 N–H and O–H groups in total. The molecule has 0 bridgehead atoms. The van der Waals surface area contributed by atoms with Gasteiger partial charge in [-0.3, -0.25) is 14.7 Å². The molecule has 0 unspecified atom stereocenters. The number of hydrogen-bond acceptors (Lipinski definition) is 5. The van der Waals surface area contributed by atoms with Crippen LogP contribution in [0.2, 0.25) is 0 Å². The van der Waals surface area contributed by atoms with Gasteiger partial charge < -0.3 is 15.6 Å². The predicted octanol–water partition coefficient (Wildman–Crippen LogP) is 4.10. The highest BCUT2D eigenvalue weighted by molar-refractivity contribution is 7.89. The number of hydrogen-bond donors (Lipinski definition) is 4. The summed E-state index contributed by atoms with van der Waals surface area (Å²) >= 11 is 0. The summed E-state index contributed by atoms with van der Waals surface area (Å²) in [6, 6.07) is 8.80. The Kier molecular flexibility index (Phi) is 6.31. The minimum absolute atomic E-state index is 0.0731. The van der Waals surface area contributed by atoms with E-state index >= 15 is 0 Å². The van der Waals surface area contributed by atoms with Gasteiger partial charge in [-0.05, 0) is 50.2 Å². The average molecular weight is 559 g/mol. The normalized spacial score (nSPS) is 14.7. The maximum Gasteiger partial charge on any atom is 0.272 e. The van der Waals surface area contributed by atoms with Crippen molar-refractivity contribution in [3.05, 3.63) is 94.7 Å². The summed E-state index contributed by atoms with van der Waals surface area (Å²) in [4.78, 5) is 27.8. The first-order valence-electron chi connectivity index (χ1n) is 11.5. The summed E-state index contributed by atoms with van der Waals surface area (Å²) in [6.45, 7) is 2.81. The molecule has 3 heterocycles. The number of anilines is 2. The van der Waals surface area contributed by atoms with E-state index in [2.05, 4.69) is 25.8 Å². The average Bonchev–Trinajstić information content (AvgIpc) is 3.57. The van der Waals surface area contributed by atoms with E-state index in [4.69, 9.17) is 0 Å². The van der Waals surface area contributed by atoms with E-state index in [0.717, 1.165) is 10.4 Å². The smallest absolute Gasteiger partial charge is 0.272 e. The van der Waals surface area contributed by atoms with Gasteiger partial charge >= 0.3 is 0 Å². The number of H-pyrrole nitrogens is 2. The van der Waals surface area contributed by atoms with Crippen LogP contribution in [-0.2, 0) is 22.1 Å². The monoisotopic (exact) mass is 558 g/mol. The Morgan fingerprint density at radius 1 is 1.00 bits per heavy atom. The van der Waals surface area contributed by atoms with Gasteiger partial charge in [-0.15, -0.1) is 0 Å². The number of aromatic amines is 2. The lowest BCUT2D eigenvalue weighted by atomic mass is 10.0. The lowest BCUT2D eigenvalue weighted by Crippen LogP contribution is -2.40. The Balaban J connectivity index is 1.44. The van der Waals surface area contributed by atoms with Gasteiger partial charge in [0.1, 0.15) is 23.1 Å². The third-order valence-electron chi connectivity index (χ3n) is 6.39. The van der Waals surface area contributed by atoms with Crippen LogP contribution in [0.15, 0.2) is 59.6 Å². The highest BCUT2D eigenvalue weighted by Gasteiger charge is 2.48. The number of nitrogens with one attached hydrogen (secondary N) is 4. The molecule has 0 saturated carbocycles. The largest absolute Gasteiger partial charge is 0.357 e.